The Morgan fingerprint density at radius 2 is 1.05 bits per heavy atom. The van der Waals surface area contributed by atoms with Gasteiger partial charge in [-0.05, 0) is 24.0 Å². The first-order chi connectivity index (χ1) is 10.7. The highest BCUT2D eigenvalue weighted by Crippen LogP contribution is 2.44. The van der Waals surface area contributed by atoms with E-state index in [1.807, 2.05) is 60.7 Å². The Balaban J connectivity index is 1.73. The van der Waals surface area contributed by atoms with Gasteiger partial charge in [0.25, 0.3) is 0 Å². The third-order valence-corrected chi connectivity index (χ3v) is 4.80. The van der Waals surface area contributed by atoms with Crippen LogP contribution in [0.2, 0.25) is 0 Å². The summed E-state index contributed by atoms with van der Waals surface area (Å²) in [5, 5.41) is 31.6. The van der Waals surface area contributed by atoms with Gasteiger partial charge < -0.3 is 15.3 Å². The van der Waals surface area contributed by atoms with Crippen molar-refractivity contribution >= 4 is 0 Å². The molecule has 0 radical (unpaired) electrons. The molecule has 0 spiro atoms. The van der Waals surface area contributed by atoms with Crippen LogP contribution in [0.15, 0.2) is 60.7 Å². The Labute approximate surface area is 130 Å². The average molecular weight is 298 g/mol. The second kappa shape index (κ2) is 6.61. The lowest BCUT2D eigenvalue weighted by molar-refractivity contribution is -0.0228. The molecule has 1 saturated carbocycles. The summed E-state index contributed by atoms with van der Waals surface area (Å²) in [6, 6.07) is 18.8. The summed E-state index contributed by atoms with van der Waals surface area (Å²) >= 11 is 0. The maximum absolute atomic E-state index is 10.6. The molecule has 4 atom stereocenters. The molecule has 0 aromatic heterocycles. The van der Waals surface area contributed by atoms with Gasteiger partial charge in [-0.15, -0.1) is 0 Å². The predicted octanol–water partition coefficient (Wildman–Crippen LogP) is 2.84. The van der Waals surface area contributed by atoms with Gasteiger partial charge in [-0.25, -0.2) is 0 Å². The van der Waals surface area contributed by atoms with Crippen molar-refractivity contribution in [2.45, 2.75) is 31.2 Å². The zero-order valence-electron chi connectivity index (χ0n) is 12.4. The minimum absolute atomic E-state index is 0.231. The Kier molecular flexibility index (Phi) is 4.57. The van der Waals surface area contributed by atoms with E-state index in [0.717, 1.165) is 11.1 Å². The first-order valence-corrected chi connectivity index (χ1v) is 7.82. The molecule has 0 bridgehead atoms. The molecule has 0 heterocycles. The molecule has 1 fully saturated rings. The highest BCUT2D eigenvalue weighted by atomic mass is 16.3. The summed E-state index contributed by atoms with van der Waals surface area (Å²) in [5.41, 5.74) is 1.64. The minimum Gasteiger partial charge on any atom is -0.392 e. The molecule has 1 aliphatic carbocycles. The quantitative estimate of drug-likeness (QED) is 0.813. The fourth-order valence-electron chi connectivity index (χ4n) is 3.53. The molecule has 0 saturated heterocycles. The lowest BCUT2D eigenvalue weighted by Gasteiger charge is -2.27. The van der Waals surface area contributed by atoms with Gasteiger partial charge in [0.2, 0.25) is 0 Å². The molecule has 2 aromatic carbocycles. The van der Waals surface area contributed by atoms with Crippen molar-refractivity contribution in [2.75, 3.05) is 0 Å². The third kappa shape index (κ3) is 2.93. The topological polar surface area (TPSA) is 60.7 Å². The van der Waals surface area contributed by atoms with Gasteiger partial charge in [0.15, 0.2) is 0 Å². The zero-order chi connectivity index (χ0) is 15.5. The van der Waals surface area contributed by atoms with E-state index in [9.17, 15) is 15.3 Å². The third-order valence-electron chi connectivity index (χ3n) is 4.80. The standard InChI is InChI=1S/C19H22O3/c20-17(13-7-3-1-4-8-13)15-11-12-16(19(15)22)18(21)14-9-5-2-6-10-14/h1-10,15-22H,11-12H2/t15-,16-,17+,18+/m1/s1. The Bertz CT molecular complexity index is 531. The molecule has 3 heteroatoms. The van der Waals surface area contributed by atoms with E-state index in [2.05, 4.69) is 0 Å². The minimum atomic E-state index is -0.703. The molecule has 0 unspecified atom stereocenters. The van der Waals surface area contributed by atoms with Crippen LogP contribution in [-0.2, 0) is 0 Å². The highest BCUT2D eigenvalue weighted by Gasteiger charge is 2.42. The smallest absolute Gasteiger partial charge is 0.0843 e. The second-order valence-electron chi connectivity index (χ2n) is 6.11. The number of hydrogen-bond acceptors (Lipinski definition) is 3. The van der Waals surface area contributed by atoms with Crippen LogP contribution in [0.5, 0.6) is 0 Å². The first-order valence-electron chi connectivity index (χ1n) is 7.82. The second-order valence-corrected chi connectivity index (χ2v) is 6.11. The van der Waals surface area contributed by atoms with Gasteiger partial charge >= 0.3 is 0 Å². The average Bonchev–Trinajstić information content (AvgIpc) is 2.96. The molecule has 0 aliphatic heterocycles. The lowest BCUT2D eigenvalue weighted by Crippen LogP contribution is -2.29. The summed E-state index contributed by atoms with van der Waals surface area (Å²) in [7, 11) is 0. The van der Waals surface area contributed by atoms with Crippen molar-refractivity contribution in [3.8, 4) is 0 Å². The molecule has 116 valence electrons. The van der Waals surface area contributed by atoms with Crippen LogP contribution < -0.4 is 0 Å². The van der Waals surface area contributed by atoms with E-state index in [1.165, 1.54) is 0 Å². The number of benzene rings is 2. The molecule has 22 heavy (non-hydrogen) atoms. The molecule has 3 nitrogen and oxygen atoms in total. The van der Waals surface area contributed by atoms with Crippen molar-refractivity contribution in [2.24, 2.45) is 11.8 Å². The van der Waals surface area contributed by atoms with Crippen molar-refractivity contribution < 1.29 is 15.3 Å². The summed E-state index contributed by atoms with van der Waals surface area (Å²) in [5.74, 6) is -0.462. The SMILES string of the molecule is OC1[C@@H]([C@@H](O)c2ccccc2)CC[C@@H]1[C@@H](O)c1ccccc1. The molecule has 1 aliphatic rings. The van der Waals surface area contributed by atoms with E-state index >= 15 is 0 Å². The molecule has 3 N–H and O–H groups in total. The first kappa shape index (κ1) is 15.2. The Morgan fingerprint density at radius 3 is 1.41 bits per heavy atom. The number of aliphatic hydroxyl groups excluding tert-OH is 3. The van der Waals surface area contributed by atoms with Crippen molar-refractivity contribution in [1.29, 1.82) is 0 Å². The maximum atomic E-state index is 10.6. The monoisotopic (exact) mass is 298 g/mol. The fraction of sp³-hybridized carbons (Fsp3) is 0.368. The van der Waals surface area contributed by atoms with Gasteiger partial charge in [-0.2, -0.15) is 0 Å². The van der Waals surface area contributed by atoms with Crippen molar-refractivity contribution in [3.05, 3.63) is 71.8 Å². The van der Waals surface area contributed by atoms with E-state index in [-0.39, 0.29) is 11.8 Å². The van der Waals surface area contributed by atoms with Crippen LogP contribution in [0.1, 0.15) is 36.2 Å². The van der Waals surface area contributed by atoms with Crippen LogP contribution in [0.4, 0.5) is 0 Å². The largest absolute Gasteiger partial charge is 0.392 e. The highest BCUT2D eigenvalue weighted by molar-refractivity contribution is 5.21. The van der Waals surface area contributed by atoms with E-state index in [4.69, 9.17) is 0 Å². The van der Waals surface area contributed by atoms with Gasteiger partial charge in [0.05, 0.1) is 18.3 Å². The molecular weight excluding hydrogens is 276 g/mol. The fourth-order valence-corrected chi connectivity index (χ4v) is 3.53. The van der Waals surface area contributed by atoms with Gasteiger partial charge in [-0.1, -0.05) is 60.7 Å². The normalized spacial score (nSPS) is 25.0. The van der Waals surface area contributed by atoms with Crippen molar-refractivity contribution in [3.63, 3.8) is 0 Å². The van der Waals surface area contributed by atoms with E-state index in [0.29, 0.717) is 12.8 Å². The Morgan fingerprint density at radius 1 is 0.682 bits per heavy atom. The summed E-state index contributed by atoms with van der Waals surface area (Å²) < 4.78 is 0. The van der Waals surface area contributed by atoms with Crippen LogP contribution in [-0.4, -0.2) is 21.4 Å². The van der Waals surface area contributed by atoms with Crippen LogP contribution >= 0.6 is 0 Å². The molecule has 2 aromatic rings. The summed E-state index contributed by atoms with van der Waals surface area (Å²) in [6.45, 7) is 0. The summed E-state index contributed by atoms with van der Waals surface area (Å²) in [4.78, 5) is 0. The molecule has 3 rings (SSSR count). The number of aliphatic hydroxyl groups is 3. The van der Waals surface area contributed by atoms with Crippen molar-refractivity contribution in [1.82, 2.24) is 0 Å². The zero-order valence-corrected chi connectivity index (χ0v) is 12.4. The molecular formula is C19H22O3. The number of rotatable bonds is 4. The Hall–Kier alpha value is -1.68. The van der Waals surface area contributed by atoms with E-state index < -0.39 is 18.3 Å². The molecule has 0 amide bonds. The van der Waals surface area contributed by atoms with E-state index in [1.54, 1.807) is 0 Å². The maximum Gasteiger partial charge on any atom is 0.0843 e. The van der Waals surface area contributed by atoms with Crippen LogP contribution in [0.3, 0.4) is 0 Å². The number of hydrogen-bond donors (Lipinski definition) is 3. The predicted molar refractivity (Wildman–Crippen MR) is 85.0 cm³/mol. The van der Waals surface area contributed by atoms with Gasteiger partial charge in [-0.3, -0.25) is 0 Å². The van der Waals surface area contributed by atoms with Gasteiger partial charge in [0, 0.05) is 11.8 Å². The summed E-state index contributed by atoms with van der Waals surface area (Å²) in [6.07, 6.45) is -0.656. The van der Waals surface area contributed by atoms with Crippen LogP contribution in [0, 0.1) is 11.8 Å². The van der Waals surface area contributed by atoms with Crippen LogP contribution in [0.25, 0.3) is 0 Å². The van der Waals surface area contributed by atoms with Gasteiger partial charge in [0.1, 0.15) is 0 Å². The lowest BCUT2D eigenvalue weighted by atomic mass is 9.87.